The summed E-state index contributed by atoms with van der Waals surface area (Å²) in [5.74, 6) is 1.28. The fraction of sp³-hybridized carbons (Fsp3) is 0.462. The lowest BCUT2D eigenvalue weighted by Crippen LogP contribution is -2.27. The number of hydrogen-bond donors (Lipinski definition) is 1. The van der Waals surface area contributed by atoms with Crippen molar-refractivity contribution >= 4 is 5.82 Å². The van der Waals surface area contributed by atoms with Crippen LogP contribution in [0, 0.1) is 11.3 Å². The van der Waals surface area contributed by atoms with E-state index in [2.05, 4.69) is 26.2 Å². The molecule has 3 rings (SSSR count). The first kappa shape index (κ1) is 12.5. The highest BCUT2D eigenvalue weighted by Crippen LogP contribution is 2.38. The van der Waals surface area contributed by atoms with Gasteiger partial charge in [0.2, 0.25) is 17.5 Å². The van der Waals surface area contributed by atoms with Crippen LogP contribution >= 0.6 is 0 Å². The van der Waals surface area contributed by atoms with Gasteiger partial charge in [-0.2, -0.15) is 10.2 Å². The lowest BCUT2D eigenvalue weighted by molar-refractivity contribution is 0.264. The lowest BCUT2D eigenvalue weighted by Gasteiger charge is -2.26. The quantitative estimate of drug-likeness (QED) is 0.885. The molecule has 0 radical (unpaired) electrons. The van der Waals surface area contributed by atoms with Crippen LogP contribution in [-0.2, 0) is 5.41 Å². The predicted molar refractivity (Wildman–Crippen MR) is 70.1 cm³/mol. The molecule has 0 bridgehead atoms. The molecule has 1 aliphatic rings. The van der Waals surface area contributed by atoms with E-state index >= 15 is 0 Å². The summed E-state index contributed by atoms with van der Waals surface area (Å²) in [6.07, 6.45) is 6.18. The molecule has 2 N–H and O–H groups in total. The number of aromatic nitrogens is 4. The normalized spacial score (nSPS) is 17.6. The average molecular weight is 270 g/mol. The topological polar surface area (TPSA) is 115 Å². The Labute approximate surface area is 115 Å². The van der Waals surface area contributed by atoms with Crippen LogP contribution in [0.1, 0.15) is 38.0 Å². The third-order valence-electron chi connectivity index (χ3n) is 3.63. The van der Waals surface area contributed by atoms with Crippen LogP contribution in [0.5, 0.6) is 0 Å². The molecule has 2 heterocycles. The van der Waals surface area contributed by atoms with Gasteiger partial charge in [-0.15, -0.1) is 0 Å². The smallest absolute Gasteiger partial charge is 0.247 e. The Morgan fingerprint density at radius 3 is 2.70 bits per heavy atom. The lowest BCUT2D eigenvalue weighted by atomic mass is 9.75. The summed E-state index contributed by atoms with van der Waals surface area (Å²) >= 11 is 0. The zero-order chi connectivity index (χ0) is 14.0. The van der Waals surface area contributed by atoms with E-state index in [1.54, 1.807) is 6.07 Å². The molecular weight excluding hydrogens is 256 g/mol. The molecule has 102 valence electrons. The highest BCUT2D eigenvalue weighted by Gasteiger charge is 2.39. The van der Waals surface area contributed by atoms with Gasteiger partial charge in [0.1, 0.15) is 11.2 Å². The molecule has 1 aliphatic carbocycles. The number of nitrogen functional groups attached to an aromatic ring is 1. The van der Waals surface area contributed by atoms with Crippen molar-refractivity contribution in [1.82, 2.24) is 20.1 Å². The van der Waals surface area contributed by atoms with Gasteiger partial charge in [0.15, 0.2) is 0 Å². The molecule has 0 aromatic carbocycles. The first-order chi connectivity index (χ1) is 9.73. The fourth-order valence-corrected chi connectivity index (χ4v) is 2.52. The maximum Gasteiger partial charge on any atom is 0.247 e. The Balaban J connectivity index is 1.96. The molecular formula is C13H14N6O. The molecule has 0 amide bonds. The van der Waals surface area contributed by atoms with Crippen LogP contribution in [0.15, 0.2) is 16.8 Å². The zero-order valence-electron chi connectivity index (χ0n) is 10.9. The summed E-state index contributed by atoms with van der Waals surface area (Å²) < 4.78 is 5.29. The van der Waals surface area contributed by atoms with Crippen molar-refractivity contribution in [2.24, 2.45) is 0 Å². The molecule has 7 heteroatoms. The first-order valence-electron chi connectivity index (χ1n) is 6.58. The summed E-state index contributed by atoms with van der Waals surface area (Å²) in [4.78, 5) is 12.4. The van der Waals surface area contributed by atoms with Gasteiger partial charge in [-0.1, -0.05) is 24.4 Å². The standard InChI is InChI=1S/C13H14N6O/c14-8-13(5-2-1-3-6-13)12-18-11(19-20-12)10-16-7-4-9(15)17-10/h4,7H,1-3,5-6H2,(H2,15,16,17). The first-order valence-corrected chi connectivity index (χ1v) is 6.58. The SMILES string of the molecule is N#CC1(c2nc(-c3nccc(N)n3)no2)CCCCC1. The third-order valence-corrected chi connectivity index (χ3v) is 3.63. The Kier molecular flexibility index (Phi) is 3.06. The maximum atomic E-state index is 9.49. The van der Waals surface area contributed by atoms with E-state index in [9.17, 15) is 5.26 Å². The molecule has 7 nitrogen and oxygen atoms in total. The number of nitriles is 1. The summed E-state index contributed by atoms with van der Waals surface area (Å²) in [6.45, 7) is 0. The monoisotopic (exact) mass is 270 g/mol. The number of nitrogens with zero attached hydrogens (tertiary/aromatic N) is 5. The van der Waals surface area contributed by atoms with Crippen molar-refractivity contribution in [3.05, 3.63) is 18.2 Å². The van der Waals surface area contributed by atoms with E-state index in [-0.39, 0.29) is 5.82 Å². The second-order valence-electron chi connectivity index (χ2n) is 4.98. The van der Waals surface area contributed by atoms with E-state index in [1.165, 1.54) is 6.20 Å². The molecule has 0 unspecified atom stereocenters. The van der Waals surface area contributed by atoms with E-state index in [0.717, 1.165) is 32.1 Å². The summed E-state index contributed by atoms with van der Waals surface area (Å²) in [5.41, 5.74) is 4.95. The minimum absolute atomic E-state index is 0.271. The molecule has 1 fully saturated rings. The summed E-state index contributed by atoms with van der Waals surface area (Å²) in [7, 11) is 0. The summed E-state index contributed by atoms with van der Waals surface area (Å²) in [6, 6.07) is 3.93. The van der Waals surface area contributed by atoms with Crippen molar-refractivity contribution < 1.29 is 4.52 Å². The van der Waals surface area contributed by atoms with Crippen LogP contribution in [0.2, 0.25) is 0 Å². The average Bonchev–Trinajstić information content (AvgIpc) is 2.98. The Morgan fingerprint density at radius 2 is 2.00 bits per heavy atom. The Hall–Kier alpha value is -2.49. The molecule has 2 aromatic rings. The largest absolute Gasteiger partial charge is 0.384 e. The molecule has 20 heavy (non-hydrogen) atoms. The van der Waals surface area contributed by atoms with Crippen molar-refractivity contribution in [2.75, 3.05) is 5.73 Å². The Bertz CT molecular complexity index is 653. The number of hydrogen-bond acceptors (Lipinski definition) is 7. The summed E-state index contributed by atoms with van der Waals surface area (Å²) in [5, 5.41) is 13.4. The van der Waals surface area contributed by atoms with Gasteiger partial charge in [0, 0.05) is 6.20 Å². The second-order valence-corrected chi connectivity index (χ2v) is 4.98. The fourth-order valence-electron chi connectivity index (χ4n) is 2.52. The van der Waals surface area contributed by atoms with Gasteiger partial charge in [-0.3, -0.25) is 0 Å². The number of rotatable bonds is 2. The Morgan fingerprint density at radius 1 is 1.20 bits per heavy atom. The molecule has 0 saturated heterocycles. The maximum absolute atomic E-state index is 9.49. The van der Waals surface area contributed by atoms with Gasteiger partial charge >= 0.3 is 0 Å². The molecule has 2 aromatic heterocycles. The van der Waals surface area contributed by atoms with Crippen LogP contribution in [0.25, 0.3) is 11.6 Å². The van der Waals surface area contributed by atoms with E-state index < -0.39 is 5.41 Å². The van der Waals surface area contributed by atoms with Crippen LogP contribution < -0.4 is 5.73 Å². The van der Waals surface area contributed by atoms with Crippen molar-refractivity contribution in [3.8, 4) is 17.7 Å². The van der Waals surface area contributed by atoms with Crippen molar-refractivity contribution in [3.63, 3.8) is 0 Å². The molecule has 0 atom stereocenters. The number of nitrogens with two attached hydrogens (primary N) is 1. The highest BCUT2D eigenvalue weighted by atomic mass is 16.5. The molecule has 0 aliphatic heterocycles. The van der Waals surface area contributed by atoms with Gasteiger partial charge in [0.05, 0.1) is 6.07 Å². The minimum atomic E-state index is -0.663. The molecule has 1 saturated carbocycles. The van der Waals surface area contributed by atoms with E-state index in [1.807, 2.05) is 0 Å². The van der Waals surface area contributed by atoms with Gasteiger partial charge in [-0.05, 0) is 18.9 Å². The minimum Gasteiger partial charge on any atom is -0.384 e. The van der Waals surface area contributed by atoms with Gasteiger partial charge in [-0.25, -0.2) is 9.97 Å². The second kappa shape index (κ2) is 4.89. The van der Waals surface area contributed by atoms with E-state index in [0.29, 0.717) is 17.5 Å². The predicted octanol–water partition coefficient (Wildman–Crippen LogP) is 1.83. The van der Waals surface area contributed by atoms with Crippen LogP contribution in [0.3, 0.4) is 0 Å². The molecule has 0 spiro atoms. The van der Waals surface area contributed by atoms with Crippen LogP contribution in [0.4, 0.5) is 5.82 Å². The van der Waals surface area contributed by atoms with Crippen molar-refractivity contribution in [1.29, 1.82) is 5.26 Å². The number of anilines is 1. The van der Waals surface area contributed by atoms with Gasteiger partial charge < -0.3 is 10.3 Å². The zero-order valence-corrected chi connectivity index (χ0v) is 10.9. The van der Waals surface area contributed by atoms with Crippen LogP contribution in [-0.4, -0.2) is 20.1 Å². The third kappa shape index (κ3) is 2.09. The van der Waals surface area contributed by atoms with Gasteiger partial charge in [0.25, 0.3) is 0 Å². The highest BCUT2D eigenvalue weighted by molar-refractivity contribution is 5.45. The van der Waals surface area contributed by atoms with E-state index in [4.69, 9.17) is 10.3 Å². The van der Waals surface area contributed by atoms with Crippen molar-refractivity contribution in [2.45, 2.75) is 37.5 Å².